The predicted molar refractivity (Wildman–Crippen MR) is 82.6 cm³/mol. The summed E-state index contributed by atoms with van der Waals surface area (Å²) in [5.41, 5.74) is 5.54. The number of ether oxygens (including phenoxy) is 2. The van der Waals surface area contributed by atoms with E-state index < -0.39 is 0 Å². The predicted octanol–water partition coefficient (Wildman–Crippen LogP) is 3.54. The Kier molecular flexibility index (Phi) is 3.31. The molecular weight excluding hydrogens is 248 g/mol. The Hall–Kier alpha value is -1.38. The highest BCUT2D eigenvalue weighted by Crippen LogP contribution is 2.44. The molecule has 0 amide bonds. The summed E-state index contributed by atoms with van der Waals surface area (Å²) in [5, 5.41) is 2.80. The molecule has 0 saturated heterocycles. The summed E-state index contributed by atoms with van der Waals surface area (Å²) in [7, 11) is 3.55. The van der Waals surface area contributed by atoms with Crippen molar-refractivity contribution in [3.63, 3.8) is 0 Å². The lowest BCUT2D eigenvalue weighted by Gasteiger charge is -2.29. The molecule has 0 fully saturated rings. The van der Waals surface area contributed by atoms with E-state index in [-0.39, 0.29) is 5.41 Å². The van der Waals surface area contributed by atoms with Gasteiger partial charge in [-0.25, -0.2) is 0 Å². The Morgan fingerprint density at radius 1 is 1.10 bits per heavy atom. The second kappa shape index (κ2) is 4.87. The minimum atomic E-state index is -0.0361. The standard InChI is InChI=1S/C18H22O2/c1-12-8-14-9-18(10-19-3,11-20-4)16-7-5-6-15(13(12)2)17(14)16/h5-8H,9-11H2,1-4H3. The Morgan fingerprint density at radius 2 is 1.80 bits per heavy atom. The molecule has 0 spiro atoms. The third kappa shape index (κ3) is 1.79. The van der Waals surface area contributed by atoms with Crippen molar-refractivity contribution in [2.75, 3.05) is 27.4 Å². The van der Waals surface area contributed by atoms with Gasteiger partial charge < -0.3 is 9.47 Å². The molecule has 0 aromatic heterocycles. The highest BCUT2D eigenvalue weighted by Gasteiger charge is 2.40. The highest BCUT2D eigenvalue weighted by molar-refractivity contribution is 5.95. The van der Waals surface area contributed by atoms with Crippen LogP contribution < -0.4 is 0 Å². The number of methoxy groups -OCH3 is 2. The van der Waals surface area contributed by atoms with Crippen molar-refractivity contribution < 1.29 is 9.47 Å². The van der Waals surface area contributed by atoms with Gasteiger partial charge in [-0.15, -0.1) is 0 Å². The molecule has 2 aromatic carbocycles. The van der Waals surface area contributed by atoms with Gasteiger partial charge >= 0.3 is 0 Å². The van der Waals surface area contributed by atoms with Crippen LogP contribution in [-0.2, 0) is 21.3 Å². The van der Waals surface area contributed by atoms with Crippen LogP contribution >= 0.6 is 0 Å². The molecule has 0 unspecified atom stereocenters. The largest absolute Gasteiger partial charge is 0.384 e. The summed E-state index contributed by atoms with van der Waals surface area (Å²) in [6.07, 6.45) is 1.01. The van der Waals surface area contributed by atoms with Gasteiger partial charge in [0.1, 0.15) is 0 Å². The van der Waals surface area contributed by atoms with Crippen molar-refractivity contribution in [2.45, 2.75) is 25.7 Å². The number of rotatable bonds is 4. The first-order valence-corrected chi connectivity index (χ1v) is 7.13. The van der Waals surface area contributed by atoms with Gasteiger partial charge in [0.2, 0.25) is 0 Å². The van der Waals surface area contributed by atoms with E-state index in [9.17, 15) is 0 Å². The van der Waals surface area contributed by atoms with Gasteiger partial charge in [0.15, 0.2) is 0 Å². The lowest BCUT2D eigenvalue weighted by atomic mass is 9.82. The van der Waals surface area contributed by atoms with Crippen LogP contribution in [0.4, 0.5) is 0 Å². The van der Waals surface area contributed by atoms with Gasteiger partial charge in [-0.1, -0.05) is 24.3 Å². The van der Waals surface area contributed by atoms with Crippen LogP contribution in [-0.4, -0.2) is 27.4 Å². The van der Waals surface area contributed by atoms with Gasteiger partial charge in [-0.2, -0.15) is 0 Å². The maximum Gasteiger partial charge on any atom is 0.0584 e. The minimum Gasteiger partial charge on any atom is -0.384 e. The molecule has 2 heteroatoms. The van der Waals surface area contributed by atoms with Crippen molar-refractivity contribution in [3.8, 4) is 0 Å². The summed E-state index contributed by atoms with van der Waals surface area (Å²) in [6.45, 7) is 5.81. The monoisotopic (exact) mass is 270 g/mol. The van der Waals surface area contributed by atoms with Crippen LogP contribution in [0.1, 0.15) is 22.3 Å². The summed E-state index contributed by atoms with van der Waals surface area (Å²) < 4.78 is 11.0. The fourth-order valence-electron chi connectivity index (χ4n) is 3.76. The van der Waals surface area contributed by atoms with Crippen molar-refractivity contribution in [3.05, 3.63) is 46.5 Å². The molecule has 1 aliphatic carbocycles. The Bertz CT molecular complexity index is 652. The fourth-order valence-corrected chi connectivity index (χ4v) is 3.76. The molecule has 0 saturated carbocycles. The molecule has 20 heavy (non-hydrogen) atoms. The van der Waals surface area contributed by atoms with Crippen LogP contribution in [0.15, 0.2) is 24.3 Å². The third-order valence-corrected chi connectivity index (χ3v) is 4.71. The summed E-state index contributed by atoms with van der Waals surface area (Å²) in [5.74, 6) is 0. The summed E-state index contributed by atoms with van der Waals surface area (Å²) >= 11 is 0. The maximum absolute atomic E-state index is 5.52. The zero-order valence-electron chi connectivity index (χ0n) is 12.7. The molecule has 3 rings (SSSR count). The lowest BCUT2D eigenvalue weighted by molar-refractivity contribution is 0.0623. The number of hydrogen-bond donors (Lipinski definition) is 0. The smallest absolute Gasteiger partial charge is 0.0584 e. The van der Waals surface area contributed by atoms with Gasteiger partial charge in [0, 0.05) is 19.6 Å². The SMILES string of the molecule is COCC1(COC)Cc2cc(C)c(C)c3cccc1c23. The van der Waals surface area contributed by atoms with Crippen LogP contribution in [0.25, 0.3) is 10.8 Å². The molecule has 2 nitrogen and oxygen atoms in total. The van der Waals surface area contributed by atoms with Gasteiger partial charge in [-0.3, -0.25) is 0 Å². The van der Waals surface area contributed by atoms with Crippen LogP contribution in [0.5, 0.6) is 0 Å². The van der Waals surface area contributed by atoms with Crippen LogP contribution in [0.2, 0.25) is 0 Å². The zero-order valence-corrected chi connectivity index (χ0v) is 12.7. The molecule has 106 valence electrons. The number of hydrogen-bond acceptors (Lipinski definition) is 2. The molecule has 0 heterocycles. The molecule has 0 radical (unpaired) electrons. The average Bonchev–Trinajstić information content (AvgIpc) is 2.72. The van der Waals surface area contributed by atoms with Crippen molar-refractivity contribution in [1.29, 1.82) is 0 Å². The highest BCUT2D eigenvalue weighted by atomic mass is 16.5. The first-order chi connectivity index (χ1) is 9.63. The second-order valence-electron chi connectivity index (χ2n) is 6.03. The lowest BCUT2D eigenvalue weighted by Crippen LogP contribution is -2.36. The molecular formula is C18H22O2. The number of aryl methyl sites for hydroxylation is 2. The molecule has 0 aliphatic heterocycles. The third-order valence-electron chi connectivity index (χ3n) is 4.71. The van der Waals surface area contributed by atoms with Crippen molar-refractivity contribution >= 4 is 10.8 Å². The molecule has 0 N–H and O–H groups in total. The van der Waals surface area contributed by atoms with E-state index in [0.717, 1.165) is 6.42 Å². The van der Waals surface area contributed by atoms with Gasteiger partial charge in [-0.05, 0) is 53.3 Å². The quantitative estimate of drug-likeness (QED) is 0.846. The van der Waals surface area contributed by atoms with E-state index >= 15 is 0 Å². The van der Waals surface area contributed by atoms with Crippen molar-refractivity contribution in [2.24, 2.45) is 0 Å². The van der Waals surface area contributed by atoms with E-state index in [1.54, 1.807) is 14.2 Å². The van der Waals surface area contributed by atoms with E-state index in [2.05, 4.69) is 38.1 Å². The van der Waals surface area contributed by atoms with Gasteiger partial charge in [0.25, 0.3) is 0 Å². The average molecular weight is 270 g/mol. The molecule has 2 aromatic rings. The maximum atomic E-state index is 5.52. The number of benzene rings is 2. The first kappa shape index (κ1) is 13.6. The minimum absolute atomic E-state index is 0.0361. The fraction of sp³-hybridized carbons (Fsp3) is 0.444. The van der Waals surface area contributed by atoms with E-state index in [1.165, 1.54) is 33.0 Å². The molecule has 0 atom stereocenters. The normalized spacial score (nSPS) is 16.0. The van der Waals surface area contributed by atoms with E-state index in [0.29, 0.717) is 13.2 Å². The summed E-state index contributed by atoms with van der Waals surface area (Å²) in [4.78, 5) is 0. The topological polar surface area (TPSA) is 18.5 Å². The van der Waals surface area contributed by atoms with E-state index in [4.69, 9.17) is 9.47 Å². The molecule has 1 aliphatic rings. The zero-order chi connectivity index (χ0) is 14.3. The Labute approximate surface area is 120 Å². The van der Waals surface area contributed by atoms with Crippen LogP contribution in [0.3, 0.4) is 0 Å². The second-order valence-corrected chi connectivity index (χ2v) is 6.03. The molecule has 0 bridgehead atoms. The Balaban J connectivity index is 2.29. The van der Waals surface area contributed by atoms with Gasteiger partial charge in [0.05, 0.1) is 13.2 Å². The Morgan fingerprint density at radius 3 is 2.45 bits per heavy atom. The first-order valence-electron chi connectivity index (χ1n) is 7.13. The van der Waals surface area contributed by atoms with Crippen LogP contribution in [0, 0.1) is 13.8 Å². The van der Waals surface area contributed by atoms with Crippen molar-refractivity contribution in [1.82, 2.24) is 0 Å². The van der Waals surface area contributed by atoms with E-state index in [1.807, 2.05) is 0 Å². The summed E-state index contributed by atoms with van der Waals surface area (Å²) in [6, 6.07) is 8.99.